The topological polar surface area (TPSA) is 0 Å². The van der Waals surface area contributed by atoms with Gasteiger partial charge in [0.25, 0.3) is 0 Å². The van der Waals surface area contributed by atoms with Crippen molar-refractivity contribution in [3.8, 4) is 0 Å². The van der Waals surface area contributed by atoms with E-state index in [4.69, 9.17) is 0 Å². The Labute approximate surface area is 177 Å². The van der Waals surface area contributed by atoms with Crippen molar-refractivity contribution in [2.24, 2.45) is 0 Å². The van der Waals surface area contributed by atoms with E-state index < -0.39 is 7.92 Å². The Morgan fingerprint density at radius 2 is 1.14 bits per heavy atom. The van der Waals surface area contributed by atoms with E-state index in [0.717, 1.165) is 11.8 Å². The molecule has 0 aliphatic heterocycles. The summed E-state index contributed by atoms with van der Waals surface area (Å²) >= 11 is 3.58. The number of alkyl halides is 1. The Kier molecular flexibility index (Phi) is 6.37. The molecule has 0 spiro atoms. The normalized spacial score (nSPS) is 10.9. The third-order valence-electron chi connectivity index (χ3n) is 4.80. The average Bonchev–Trinajstić information content (AvgIpc) is 2.77. The van der Waals surface area contributed by atoms with Gasteiger partial charge in [0.2, 0.25) is 0 Å². The molecular weight excluding hydrogens is 423 g/mol. The number of halogens is 1. The molecule has 138 valence electrons. The molecule has 0 saturated carbocycles. The first-order chi connectivity index (χ1) is 13.8. The summed E-state index contributed by atoms with van der Waals surface area (Å²) in [6.07, 6.45) is 0.954. The van der Waals surface area contributed by atoms with Crippen LogP contribution in [0, 0.1) is 0 Å². The van der Waals surface area contributed by atoms with E-state index in [1.165, 1.54) is 32.6 Å². The second-order valence-electron chi connectivity index (χ2n) is 6.77. The fourth-order valence-corrected chi connectivity index (χ4v) is 6.32. The van der Waals surface area contributed by atoms with Gasteiger partial charge in [0.15, 0.2) is 0 Å². The van der Waals surface area contributed by atoms with E-state index in [-0.39, 0.29) is 0 Å². The van der Waals surface area contributed by atoms with Crippen LogP contribution in [0.3, 0.4) is 0 Å². The third kappa shape index (κ3) is 4.43. The summed E-state index contributed by atoms with van der Waals surface area (Å²) in [5.41, 5.74) is 4.09. The third-order valence-corrected chi connectivity index (χ3v) is 8.00. The van der Waals surface area contributed by atoms with E-state index in [0.29, 0.717) is 0 Å². The number of benzene rings is 4. The molecule has 2 heteroatoms. The smallest absolute Gasteiger partial charge is 0.0283 e. The molecule has 0 nitrogen and oxygen atoms in total. The van der Waals surface area contributed by atoms with Crippen molar-refractivity contribution in [1.82, 2.24) is 0 Å². The van der Waals surface area contributed by atoms with Crippen LogP contribution in [0.2, 0.25) is 0 Å². The molecule has 0 saturated heterocycles. The Hall–Kier alpha value is -2.21. The van der Waals surface area contributed by atoms with Crippen LogP contribution in [-0.4, -0.2) is 0 Å². The first-order valence-corrected chi connectivity index (χ1v) is 11.9. The Balaban J connectivity index is 1.79. The molecule has 0 N–H and O–H groups in total. The first kappa shape index (κ1) is 19.1. The lowest BCUT2D eigenvalue weighted by Crippen LogP contribution is -2.23. The molecule has 0 amide bonds. The maximum Gasteiger partial charge on any atom is 0.0283 e. The summed E-state index contributed by atoms with van der Waals surface area (Å²) < 4.78 is 0. The lowest BCUT2D eigenvalue weighted by Gasteiger charge is -2.22. The SMILES string of the molecule is BrCc1cccc(Cc2ccccc2P(c2ccccc2)c2ccccc2)c1. The van der Waals surface area contributed by atoms with Crippen molar-refractivity contribution in [3.05, 3.63) is 126 Å². The minimum Gasteiger partial charge on any atom is -0.0876 e. The van der Waals surface area contributed by atoms with Crippen molar-refractivity contribution in [3.63, 3.8) is 0 Å². The minimum absolute atomic E-state index is 0.584. The predicted molar refractivity (Wildman–Crippen MR) is 127 cm³/mol. The minimum atomic E-state index is -0.584. The Morgan fingerprint density at radius 1 is 0.571 bits per heavy atom. The van der Waals surface area contributed by atoms with Gasteiger partial charge in [0.05, 0.1) is 0 Å². The van der Waals surface area contributed by atoms with Gasteiger partial charge < -0.3 is 0 Å². The first-order valence-electron chi connectivity index (χ1n) is 9.47. The molecule has 0 aliphatic rings. The standard InChI is InChI=1S/C26H22BrP/c27-20-22-11-9-10-21(18-22)19-23-12-7-8-17-26(23)28(24-13-3-1-4-14-24)25-15-5-2-6-16-25/h1-18H,19-20H2. The lowest BCUT2D eigenvalue weighted by molar-refractivity contribution is 1.19. The van der Waals surface area contributed by atoms with Gasteiger partial charge in [-0.3, -0.25) is 0 Å². The van der Waals surface area contributed by atoms with Crippen LogP contribution in [0.15, 0.2) is 109 Å². The van der Waals surface area contributed by atoms with Crippen molar-refractivity contribution in [1.29, 1.82) is 0 Å². The fourth-order valence-electron chi connectivity index (χ4n) is 3.50. The molecule has 28 heavy (non-hydrogen) atoms. The van der Waals surface area contributed by atoms with Crippen molar-refractivity contribution >= 4 is 39.8 Å². The monoisotopic (exact) mass is 444 g/mol. The van der Waals surface area contributed by atoms with E-state index in [1.54, 1.807) is 0 Å². The molecule has 0 bridgehead atoms. The van der Waals surface area contributed by atoms with Gasteiger partial charge in [-0.1, -0.05) is 125 Å². The van der Waals surface area contributed by atoms with Crippen LogP contribution in [-0.2, 0) is 11.8 Å². The van der Waals surface area contributed by atoms with Crippen molar-refractivity contribution in [2.75, 3.05) is 0 Å². The molecule has 4 rings (SSSR count). The van der Waals surface area contributed by atoms with Crippen molar-refractivity contribution in [2.45, 2.75) is 11.8 Å². The van der Waals surface area contributed by atoms with Crippen LogP contribution in [0.5, 0.6) is 0 Å². The van der Waals surface area contributed by atoms with Gasteiger partial charge in [-0.25, -0.2) is 0 Å². The highest BCUT2D eigenvalue weighted by Gasteiger charge is 2.19. The Bertz CT molecular complexity index is 989. The van der Waals surface area contributed by atoms with Crippen LogP contribution in [0.4, 0.5) is 0 Å². The van der Waals surface area contributed by atoms with E-state index in [2.05, 4.69) is 125 Å². The lowest BCUT2D eigenvalue weighted by atomic mass is 10.0. The zero-order chi connectivity index (χ0) is 19.2. The molecule has 0 aliphatic carbocycles. The van der Waals surface area contributed by atoms with Gasteiger partial charge in [0, 0.05) is 5.33 Å². The molecule has 0 atom stereocenters. The summed E-state index contributed by atoms with van der Waals surface area (Å²) in [6.45, 7) is 0. The predicted octanol–water partition coefficient (Wildman–Crippen LogP) is 5.93. The van der Waals surface area contributed by atoms with Crippen molar-refractivity contribution < 1.29 is 0 Å². The number of rotatable bonds is 6. The van der Waals surface area contributed by atoms with E-state index in [9.17, 15) is 0 Å². The number of hydrogen-bond acceptors (Lipinski definition) is 0. The molecule has 0 heterocycles. The highest BCUT2D eigenvalue weighted by Crippen LogP contribution is 2.34. The summed E-state index contributed by atoms with van der Waals surface area (Å²) in [5.74, 6) is 0. The van der Waals surface area contributed by atoms with Gasteiger partial charge in [-0.15, -0.1) is 0 Å². The zero-order valence-electron chi connectivity index (χ0n) is 15.6. The molecule has 4 aromatic carbocycles. The van der Waals surface area contributed by atoms with Crippen LogP contribution in [0.1, 0.15) is 16.7 Å². The highest BCUT2D eigenvalue weighted by molar-refractivity contribution is 9.08. The second kappa shape index (κ2) is 9.32. The van der Waals surface area contributed by atoms with Crippen LogP contribution < -0.4 is 15.9 Å². The fraction of sp³-hybridized carbons (Fsp3) is 0.0769. The molecule has 4 aromatic rings. The van der Waals surface area contributed by atoms with Crippen LogP contribution >= 0.6 is 23.9 Å². The maximum atomic E-state index is 3.58. The summed E-state index contributed by atoms with van der Waals surface area (Å²) in [5, 5.41) is 5.12. The Morgan fingerprint density at radius 3 is 1.79 bits per heavy atom. The van der Waals surface area contributed by atoms with Gasteiger partial charge in [-0.05, 0) is 46.9 Å². The van der Waals surface area contributed by atoms with Crippen LogP contribution in [0.25, 0.3) is 0 Å². The molecule has 0 aromatic heterocycles. The highest BCUT2D eigenvalue weighted by atomic mass is 79.9. The second-order valence-corrected chi connectivity index (χ2v) is 9.51. The largest absolute Gasteiger partial charge is 0.0876 e. The molecule has 0 fully saturated rings. The van der Waals surface area contributed by atoms with E-state index in [1.807, 2.05) is 0 Å². The average molecular weight is 445 g/mol. The molecule has 0 unspecified atom stereocenters. The van der Waals surface area contributed by atoms with Gasteiger partial charge in [-0.2, -0.15) is 0 Å². The van der Waals surface area contributed by atoms with E-state index >= 15 is 0 Å². The summed E-state index contributed by atoms with van der Waals surface area (Å²) in [4.78, 5) is 0. The number of hydrogen-bond donors (Lipinski definition) is 0. The summed E-state index contributed by atoms with van der Waals surface area (Å²) in [6, 6.07) is 39.7. The zero-order valence-corrected chi connectivity index (χ0v) is 18.1. The quantitative estimate of drug-likeness (QED) is 0.255. The maximum absolute atomic E-state index is 3.58. The summed E-state index contributed by atoms with van der Waals surface area (Å²) in [7, 11) is -0.584. The molecule has 0 radical (unpaired) electrons. The molecular formula is C26H22BrP. The van der Waals surface area contributed by atoms with Gasteiger partial charge in [0.1, 0.15) is 0 Å². The van der Waals surface area contributed by atoms with Gasteiger partial charge >= 0.3 is 0 Å².